The summed E-state index contributed by atoms with van der Waals surface area (Å²) in [7, 11) is 0. The minimum atomic E-state index is 0.544. The van der Waals surface area contributed by atoms with Crippen molar-refractivity contribution in [3.8, 4) is 0 Å². The zero-order valence-electron chi connectivity index (χ0n) is 14.8. The van der Waals surface area contributed by atoms with Crippen molar-refractivity contribution in [2.75, 3.05) is 0 Å². The van der Waals surface area contributed by atoms with Crippen LogP contribution in [0.3, 0.4) is 0 Å². The number of hydrogen-bond donors (Lipinski definition) is 0. The van der Waals surface area contributed by atoms with Gasteiger partial charge in [0.25, 0.3) is 0 Å². The fourth-order valence-corrected chi connectivity index (χ4v) is 3.75. The number of aromatic nitrogens is 4. The molecule has 0 aliphatic heterocycles. The average Bonchev–Trinajstić information content (AvgIpc) is 3.29. The van der Waals surface area contributed by atoms with Crippen LogP contribution in [0.5, 0.6) is 0 Å². The van der Waals surface area contributed by atoms with E-state index in [9.17, 15) is 0 Å². The molecule has 0 radical (unpaired) electrons. The van der Waals surface area contributed by atoms with E-state index >= 15 is 0 Å². The molecule has 5 nitrogen and oxygen atoms in total. The van der Waals surface area contributed by atoms with Crippen LogP contribution >= 0.6 is 11.3 Å². The Morgan fingerprint density at radius 1 is 1.21 bits per heavy atom. The molecule has 1 atom stereocenters. The lowest BCUT2D eigenvalue weighted by Gasteiger charge is -2.28. The van der Waals surface area contributed by atoms with Crippen LogP contribution in [0.1, 0.15) is 42.8 Å². The highest BCUT2D eigenvalue weighted by Gasteiger charge is 2.18. The molecular weight excluding hydrogens is 318 g/mol. The van der Waals surface area contributed by atoms with E-state index in [-0.39, 0.29) is 0 Å². The van der Waals surface area contributed by atoms with Gasteiger partial charge in [-0.2, -0.15) is 11.3 Å². The second-order valence-electron chi connectivity index (χ2n) is 6.34. The van der Waals surface area contributed by atoms with Gasteiger partial charge in [0.1, 0.15) is 12.7 Å². The minimum Gasteiger partial charge on any atom is -0.292 e. The van der Waals surface area contributed by atoms with Gasteiger partial charge in [-0.3, -0.25) is 9.58 Å². The molecule has 0 aliphatic rings. The van der Waals surface area contributed by atoms with Crippen molar-refractivity contribution < 1.29 is 0 Å². The summed E-state index contributed by atoms with van der Waals surface area (Å²) in [6, 6.07) is 5.04. The van der Waals surface area contributed by atoms with E-state index in [1.807, 2.05) is 4.68 Å². The molecule has 0 saturated heterocycles. The summed E-state index contributed by atoms with van der Waals surface area (Å²) in [6.45, 7) is 10.8. The van der Waals surface area contributed by atoms with Crippen molar-refractivity contribution in [2.24, 2.45) is 0 Å². The van der Waals surface area contributed by atoms with Gasteiger partial charge in [-0.1, -0.05) is 6.92 Å². The molecule has 0 amide bonds. The summed E-state index contributed by atoms with van der Waals surface area (Å²) >= 11 is 1.77. The standard InChI is InChI=1S/C18H25N5S/c1-5-14(2)21(9-17-6-7-24-11-17)10-18-8-15(3)23(16(18)4)22-12-19-20-13-22/h6-8,11-14H,5,9-10H2,1-4H3/t14-/m1/s1. The summed E-state index contributed by atoms with van der Waals surface area (Å²) < 4.78 is 4.09. The quantitative estimate of drug-likeness (QED) is 0.654. The second-order valence-corrected chi connectivity index (χ2v) is 7.12. The van der Waals surface area contributed by atoms with Gasteiger partial charge in [0.15, 0.2) is 0 Å². The largest absolute Gasteiger partial charge is 0.292 e. The van der Waals surface area contributed by atoms with E-state index < -0.39 is 0 Å². The third-order valence-electron chi connectivity index (χ3n) is 4.69. The maximum Gasteiger partial charge on any atom is 0.139 e. The van der Waals surface area contributed by atoms with Crippen LogP contribution in [0.25, 0.3) is 0 Å². The number of aryl methyl sites for hydroxylation is 1. The Morgan fingerprint density at radius 2 is 1.96 bits per heavy atom. The monoisotopic (exact) mass is 343 g/mol. The van der Waals surface area contributed by atoms with Gasteiger partial charge in [0.05, 0.1) is 0 Å². The van der Waals surface area contributed by atoms with E-state index in [4.69, 9.17) is 0 Å². The highest BCUT2D eigenvalue weighted by molar-refractivity contribution is 7.07. The molecule has 0 fully saturated rings. The highest BCUT2D eigenvalue weighted by atomic mass is 32.1. The molecule has 24 heavy (non-hydrogen) atoms. The van der Waals surface area contributed by atoms with Crippen LogP contribution < -0.4 is 0 Å². The summed E-state index contributed by atoms with van der Waals surface area (Å²) in [5, 5.41) is 12.3. The Bertz CT molecular complexity index is 758. The fraction of sp³-hybridized carbons (Fsp3) is 0.444. The van der Waals surface area contributed by atoms with Gasteiger partial charge in [0.2, 0.25) is 0 Å². The van der Waals surface area contributed by atoms with E-state index in [0.29, 0.717) is 6.04 Å². The summed E-state index contributed by atoms with van der Waals surface area (Å²) in [5.74, 6) is 0. The predicted molar refractivity (Wildman–Crippen MR) is 98.0 cm³/mol. The summed E-state index contributed by atoms with van der Waals surface area (Å²) in [4.78, 5) is 2.56. The highest BCUT2D eigenvalue weighted by Crippen LogP contribution is 2.21. The molecule has 0 aromatic carbocycles. The first-order valence-electron chi connectivity index (χ1n) is 8.38. The first-order valence-corrected chi connectivity index (χ1v) is 9.32. The molecule has 128 valence electrons. The molecular formula is C18H25N5S. The molecule has 0 aliphatic carbocycles. The molecule has 6 heteroatoms. The lowest BCUT2D eigenvalue weighted by atomic mass is 10.1. The maximum absolute atomic E-state index is 3.93. The van der Waals surface area contributed by atoms with Crippen molar-refractivity contribution in [3.63, 3.8) is 0 Å². The first-order chi connectivity index (χ1) is 11.6. The normalized spacial score (nSPS) is 12.9. The summed E-state index contributed by atoms with van der Waals surface area (Å²) in [6.07, 6.45) is 4.62. The Labute approximate surface area is 147 Å². The molecule has 3 rings (SSSR count). The van der Waals surface area contributed by atoms with E-state index in [1.165, 1.54) is 22.5 Å². The van der Waals surface area contributed by atoms with Crippen molar-refractivity contribution in [1.82, 2.24) is 24.4 Å². The van der Waals surface area contributed by atoms with Crippen molar-refractivity contribution in [3.05, 3.63) is 58.1 Å². The van der Waals surface area contributed by atoms with Crippen LogP contribution in [0.15, 0.2) is 35.5 Å². The Morgan fingerprint density at radius 3 is 2.58 bits per heavy atom. The lowest BCUT2D eigenvalue weighted by molar-refractivity contribution is 0.186. The average molecular weight is 344 g/mol. The molecule has 0 N–H and O–H groups in total. The van der Waals surface area contributed by atoms with Crippen molar-refractivity contribution in [2.45, 2.75) is 53.2 Å². The van der Waals surface area contributed by atoms with Crippen LogP contribution in [-0.4, -0.2) is 30.5 Å². The Kier molecular flexibility index (Phi) is 5.16. The van der Waals surface area contributed by atoms with E-state index in [0.717, 1.165) is 19.5 Å². The molecule has 0 spiro atoms. The smallest absolute Gasteiger partial charge is 0.139 e. The van der Waals surface area contributed by atoms with Gasteiger partial charge in [-0.05, 0) is 61.2 Å². The van der Waals surface area contributed by atoms with Gasteiger partial charge < -0.3 is 0 Å². The number of nitrogens with zero attached hydrogens (tertiary/aromatic N) is 5. The predicted octanol–water partition coefficient (Wildman–Crippen LogP) is 3.87. The summed E-state index contributed by atoms with van der Waals surface area (Å²) in [5.41, 5.74) is 5.19. The zero-order chi connectivity index (χ0) is 17.1. The lowest BCUT2D eigenvalue weighted by Crippen LogP contribution is -2.31. The topological polar surface area (TPSA) is 38.9 Å². The molecule has 3 aromatic rings. The molecule has 0 saturated carbocycles. The van der Waals surface area contributed by atoms with Gasteiger partial charge in [-0.15, -0.1) is 10.2 Å². The van der Waals surface area contributed by atoms with Crippen molar-refractivity contribution in [1.29, 1.82) is 0 Å². The molecule has 3 heterocycles. The van der Waals surface area contributed by atoms with Gasteiger partial charge >= 0.3 is 0 Å². The third kappa shape index (κ3) is 3.44. The number of rotatable bonds is 7. The maximum atomic E-state index is 3.93. The fourth-order valence-electron chi connectivity index (χ4n) is 3.09. The number of hydrogen-bond acceptors (Lipinski definition) is 4. The SMILES string of the molecule is CC[C@@H](C)N(Cc1ccsc1)Cc1cc(C)n(-n2cnnc2)c1C. The van der Waals surface area contributed by atoms with E-state index in [1.54, 1.807) is 24.0 Å². The first kappa shape index (κ1) is 16.9. The van der Waals surface area contributed by atoms with Gasteiger partial charge in [0, 0.05) is 30.5 Å². The third-order valence-corrected chi connectivity index (χ3v) is 5.42. The zero-order valence-corrected chi connectivity index (χ0v) is 15.6. The van der Waals surface area contributed by atoms with E-state index in [2.05, 4.69) is 70.4 Å². The van der Waals surface area contributed by atoms with Crippen LogP contribution in [0.4, 0.5) is 0 Å². The van der Waals surface area contributed by atoms with Gasteiger partial charge in [-0.25, -0.2) is 4.68 Å². The van der Waals surface area contributed by atoms with Crippen LogP contribution in [-0.2, 0) is 13.1 Å². The molecule has 3 aromatic heterocycles. The Balaban J connectivity index is 1.86. The second kappa shape index (κ2) is 7.32. The van der Waals surface area contributed by atoms with Crippen LogP contribution in [0.2, 0.25) is 0 Å². The van der Waals surface area contributed by atoms with Crippen molar-refractivity contribution >= 4 is 11.3 Å². The van der Waals surface area contributed by atoms with Crippen LogP contribution in [0, 0.1) is 13.8 Å². The number of thiophene rings is 1. The molecule has 0 unspecified atom stereocenters. The minimum absolute atomic E-state index is 0.544. The Hall–Kier alpha value is -1.92. The molecule has 0 bridgehead atoms.